The molecule has 3 nitrogen and oxygen atoms in total. The highest BCUT2D eigenvalue weighted by molar-refractivity contribution is 5.92. The molecule has 10 rings (SSSR count). The van der Waals surface area contributed by atoms with Gasteiger partial charge in [0.1, 0.15) is 0 Å². The summed E-state index contributed by atoms with van der Waals surface area (Å²) in [5, 5.41) is 5.50. The normalized spacial score (nSPS) is 12.9. The monoisotopic (exact) mass is 739 g/mol. The maximum atomic E-state index is 6.96. The molecule has 0 spiro atoms. The van der Waals surface area contributed by atoms with Crippen molar-refractivity contribution in [2.45, 2.75) is 31.6 Å². The van der Waals surface area contributed by atoms with Crippen LogP contribution in [0.15, 0.2) is 200 Å². The van der Waals surface area contributed by atoms with Crippen molar-refractivity contribution in [1.82, 2.24) is 0 Å². The zero-order valence-corrected chi connectivity index (χ0v) is 32.4. The number of ether oxygens (including phenoxy) is 2. The molecule has 1 heterocycles. The van der Waals surface area contributed by atoms with Crippen LogP contribution in [-0.4, -0.2) is 6.72 Å². The quantitative estimate of drug-likeness (QED) is 0.136. The summed E-state index contributed by atoms with van der Waals surface area (Å²) >= 11 is 0. The first-order valence-electron chi connectivity index (χ1n) is 19.6. The van der Waals surface area contributed by atoms with Gasteiger partial charge < -0.3 is 14.9 Å². The lowest BCUT2D eigenvalue weighted by Crippen LogP contribution is -2.28. The van der Waals surface area contributed by atoms with Crippen LogP contribution < -0.4 is 9.47 Å². The summed E-state index contributed by atoms with van der Waals surface area (Å²) in [5.41, 5.74) is 12.6. The van der Waals surface area contributed by atoms with Gasteiger partial charge in [-0.05, 0) is 80.6 Å². The average Bonchev–Trinajstić information content (AvgIpc) is 3.60. The van der Waals surface area contributed by atoms with E-state index in [0.29, 0.717) is 11.5 Å². The van der Waals surface area contributed by atoms with Crippen molar-refractivity contribution in [2.24, 2.45) is 0 Å². The number of rotatable bonds is 6. The molecule has 1 aliphatic heterocycles. The first-order chi connectivity index (χ1) is 28.2. The molecule has 8 aromatic rings. The third-order valence-electron chi connectivity index (χ3n) is 10.8. The molecule has 278 valence electrons. The Morgan fingerprint density at radius 3 is 1.65 bits per heavy atom. The number of benzene rings is 8. The van der Waals surface area contributed by atoms with Crippen molar-refractivity contribution in [3.05, 3.63) is 239 Å². The molecule has 2 aliphatic rings. The first-order valence-corrected chi connectivity index (χ1v) is 19.6. The van der Waals surface area contributed by atoms with Crippen LogP contribution in [0.2, 0.25) is 0 Å². The van der Waals surface area contributed by atoms with Crippen LogP contribution in [0.1, 0.15) is 65.1 Å². The van der Waals surface area contributed by atoms with Crippen LogP contribution in [0.25, 0.3) is 22.3 Å². The first kappa shape index (κ1) is 37.0. The second-order valence-electron chi connectivity index (χ2n) is 14.3. The Labute approximate surface area is 336 Å². The van der Waals surface area contributed by atoms with E-state index in [0.717, 1.165) is 28.2 Å². The topological polar surface area (TPSA) is 42.3 Å². The number of hydrogen-bond acceptors (Lipinski definition) is 3. The van der Waals surface area contributed by atoms with Crippen LogP contribution >= 0.6 is 0 Å². The minimum Gasteiger partial charge on any atom is -0.449 e. The van der Waals surface area contributed by atoms with E-state index >= 15 is 0 Å². The van der Waals surface area contributed by atoms with Gasteiger partial charge in [0, 0.05) is 11.5 Å². The molecule has 0 aromatic heterocycles. The highest BCUT2D eigenvalue weighted by atomic mass is 16.6. The van der Waals surface area contributed by atoms with Crippen molar-refractivity contribution in [1.29, 1.82) is 5.41 Å². The summed E-state index contributed by atoms with van der Waals surface area (Å²) in [6, 6.07) is 71.3. The average molecular weight is 740 g/mol. The van der Waals surface area contributed by atoms with Gasteiger partial charge in [-0.3, -0.25) is 0 Å². The molecule has 0 saturated heterocycles. The lowest BCUT2D eigenvalue weighted by Gasteiger charge is -2.34. The van der Waals surface area contributed by atoms with Gasteiger partial charge in [-0.2, -0.15) is 0 Å². The molecule has 0 saturated carbocycles. The standard InChI is InChI=1S/C50H34O2.C3H8.CH3N/c1-5-17-34(18-6-1)39-25-13-14-26-40(39)47(35-19-7-2-8-20-35)36-29-31-44-46(33-36)51-45-32-30-43-48(49(45)52-44)41-27-15-16-28-42(41)50(43,37-21-9-3-10-22-37)38-23-11-4-12-24-38;1-3-2;1-2/h1-33,47H;3H2,1-2H3;2H,1H2. The Kier molecular flexibility index (Phi) is 10.6. The molecule has 1 N–H and O–H groups in total. The predicted molar refractivity (Wildman–Crippen MR) is 235 cm³/mol. The minimum absolute atomic E-state index is 0.0165. The van der Waals surface area contributed by atoms with E-state index in [1.165, 1.54) is 50.9 Å². The number of nitrogens with one attached hydrogen (secondary N) is 1. The minimum atomic E-state index is -0.508. The molecule has 3 heteroatoms. The third-order valence-corrected chi connectivity index (χ3v) is 10.8. The van der Waals surface area contributed by atoms with E-state index in [-0.39, 0.29) is 5.92 Å². The molecule has 0 bridgehead atoms. The summed E-state index contributed by atoms with van der Waals surface area (Å²) in [4.78, 5) is 0. The molecule has 1 unspecified atom stereocenters. The molecule has 1 aliphatic carbocycles. The summed E-state index contributed by atoms with van der Waals surface area (Å²) in [7, 11) is 0. The highest BCUT2D eigenvalue weighted by Crippen LogP contribution is 2.62. The Balaban J connectivity index is 0.000000871. The van der Waals surface area contributed by atoms with Crippen LogP contribution in [0, 0.1) is 5.41 Å². The lowest BCUT2D eigenvalue weighted by atomic mass is 9.68. The largest absolute Gasteiger partial charge is 0.449 e. The van der Waals surface area contributed by atoms with Gasteiger partial charge in [0.15, 0.2) is 23.0 Å². The number of hydrogen-bond donors (Lipinski definition) is 1. The molecular formula is C54H45NO2. The van der Waals surface area contributed by atoms with E-state index in [4.69, 9.17) is 14.9 Å². The fraction of sp³-hybridized carbons (Fsp3) is 0.0926. The lowest BCUT2D eigenvalue weighted by molar-refractivity contribution is 0.360. The Morgan fingerprint density at radius 2 is 1.00 bits per heavy atom. The smallest absolute Gasteiger partial charge is 0.178 e. The predicted octanol–water partition coefficient (Wildman–Crippen LogP) is 14.5. The highest BCUT2D eigenvalue weighted by Gasteiger charge is 2.48. The molecule has 57 heavy (non-hydrogen) atoms. The maximum Gasteiger partial charge on any atom is 0.178 e. The van der Waals surface area contributed by atoms with Crippen molar-refractivity contribution >= 4 is 6.72 Å². The Bertz CT molecular complexity index is 2560. The van der Waals surface area contributed by atoms with E-state index in [1.807, 2.05) is 0 Å². The Hall–Kier alpha value is -6.97. The van der Waals surface area contributed by atoms with Crippen molar-refractivity contribution in [3.8, 4) is 45.3 Å². The van der Waals surface area contributed by atoms with Crippen LogP contribution in [-0.2, 0) is 5.41 Å². The van der Waals surface area contributed by atoms with Crippen molar-refractivity contribution in [2.75, 3.05) is 0 Å². The van der Waals surface area contributed by atoms with E-state index < -0.39 is 5.41 Å². The van der Waals surface area contributed by atoms with E-state index in [1.54, 1.807) is 0 Å². The fourth-order valence-corrected chi connectivity index (χ4v) is 8.59. The van der Waals surface area contributed by atoms with E-state index in [2.05, 4.69) is 221 Å². The fourth-order valence-electron chi connectivity index (χ4n) is 8.59. The molecule has 0 amide bonds. The van der Waals surface area contributed by atoms with Gasteiger partial charge in [0.25, 0.3) is 0 Å². The van der Waals surface area contributed by atoms with Gasteiger partial charge in [0.2, 0.25) is 0 Å². The summed E-state index contributed by atoms with van der Waals surface area (Å²) in [6.45, 7) is 6.75. The summed E-state index contributed by atoms with van der Waals surface area (Å²) < 4.78 is 13.8. The molecule has 0 radical (unpaired) electrons. The van der Waals surface area contributed by atoms with Crippen LogP contribution in [0.3, 0.4) is 0 Å². The zero-order chi connectivity index (χ0) is 39.2. The van der Waals surface area contributed by atoms with Gasteiger partial charge in [0.05, 0.1) is 5.41 Å². The summed E-state index contributed by atoms with van der Waals surface area (Å²) in [6.07, 6.45) is 1.25. The summed E-state index contributed by atoms with van der Waals surface area (Å²) in [5.74, 6) is 2.88. The maximum absolute atomic E-state index is 6.96. The van der Waals surface area contributed by atoms with E-state index in [9.17, 15) is 0 Å². The molecular weight excluding hydrogens is 695 g/mol. The van der Waals surface area contributed by atoms with Gasteiger partial charge in [-0.1, -0.05) is 202 Å². The third kappa shape index (κ3) is 6.51. The van der Waals surface area contributed by atoms with Crippen LogP contribution in [0.4, 0.5) is 0 Å². The van der Waals surface area contributed by atoms with Gasteiger partial charge in [-0.25, -0.2) is 0 Å². The van der Waals surface area contributed by atoms with Gasteiger partial charge in [-0.15, -0.1) is 0 Å². The number of fused-ring (bicyclic) bond motifs is 6. The Morgan fingerprint density at radius 1 is 0.474 bits per heavy atom. The van der Waals surface area contributed by atoms with Crippen LogP contribution in [0.5, 0.6) is 23.0 Å². The van der Waals surface area contributed by atoms with Gasteiger partial charge >= 0.3 is 0 Å². The zero-order valence-electron chi connectivity index (χ0n) is 32.4. The molecule has 8 aromatic carbocycles. The molecule has 0 fully saturated rings. The second kappa shape index (κ2) is 16.4. The second-order valence-corrected chi connectivity index (χ2v) is 14.3. The molecule has 1 atom stereocenters. The van der Waals surface area contributed by atoms with Crippen molar-refractivity contribution in [3.63, 3.8) is 0 Å². The van der Waals surface area contributed by atoms with Crippen molar-refractivity contribution < 1.29 is 9.47 Å². The SMILES string of the molecule is C=N.CCC.c1ccc(-c2ccccc2C(c2ccccc2)c2ccc3c(c2)Oc2ccc4c(c2O3)-c2ccccc2C4(c2ccccc2)c2ccccc2)cc1.